The molecule has 0 aliphatic carbocycles. The van der Waals surface area contributed by atoms with Gasteiger partial charge >= 0.3 is 0 Å². The van der Waals surface area contributed by atoms with Gasteiger partial charge in [0.2, 0.25) is 5.78 Å². The molecule has 0 heterocycles. The Labute approximate surface area is 98.8 Å². The summed E-state index contributed by atoms with van der Waals surface area (Å²) in [6, 6.07) is -0.0376. The molecule has 0 rings (SSSR count). The Morgan fingerprint density at radius 3 is 2.60 bits per heavy atom. The van der Waals surface area contributed by atoms with Crippen LogP contribution in [0.25, 0.3) is 0 Å². The number of ketones is 1. The highest BCUT2D eigenvalue weighted by atomic mass is 79.9. The maximum Gasteiger partial charge on any atom is 0.200 e. The molecule has 0 aliphatic rings. The number of rotatable bonds is 7. The molecule has 0 fully saturated rings. The van der Waals surface area contributed by atoms with E-state index in [1.807, 2.05) is 0 Å². The first kappa shape index (κ1) is 13.8. The molecule has 0 aliphatic heterocycles. The molecule has 0 saturated carbocycles. The topological polar surface area (TPSA) is 41.5 Å². The van der Waals surface area contributed by atoms with Gasteiger partial charge in [0.15, 0.2) is 0 Å². The van der Waals surface area contributed by atoms with Gasteiger partial charge in [-0.3, -0.25) is 4.79 Å². The van der Waals surface area contributed by atoms with Crippen LogP contribution in [0.4, 0.5) is 0 Å². The summed E-state index contributed by atoms with van der Waals surface area (Å²) in [7, 11) is 0. The fraction of sp³-hybridized carbons (Fsp3) is 0.273. The van der Waals surface area contributed by atoms with Gasteiger partial charge in [-0.25, -0.2) is 0 Å². The van der Waals surface area contributed by atoms with Crippen LogP contribution in [0, 0.1) is 0 Å². The molecule has 4 heteroatoms. The average Bonchev–Trinajstić information content (AvgIpc) is 2.21. The van der Waals surface area contributed by atoms with Gasteiger partial charge in [0.25, 0.3) is 0 Å². The third-order valence-electron chi connectivity index (χ3n) is 1.67. The zero-order valence-electron chi connectivity index (χ0n) is 8.79. The van der Waals surface area contributed by atoms with Gasteiger partial charge in [-0.1, -0.05) is 35.2 Å². The van der Waals surface area contributed by atoms with Gasteiger partial charge in [-0.2, -0.15) is 5.10 Å². The average molecular weight is 271 g/mol. The Morgan fingerprint density at radius 1 is 1.60 bits per heavy atom. The molecule has 0 bridgehead atoms. The van der Waals surface area contributed by atoms with Crippen LogP contribution in [0.15, 0.2) is 41.5 Å². The van der Waals surface area contributed by atoms with E-state index in [0.717, 1.165) is 4.48 Å². The maximum absolute atomic E-state index is 11.1. The van der Waals surface area contributed by atoms with E-state index in [2.05, 4.69) is 46.2 Å². The Morgan fingerprint density at radius 2 is 2.20 bits per heavy atom. The Hall–Kier alpha value is -1.16. The van der Waals surface area contributed by atoms with Crippen LogP contribution in [-0.2, 0) is 4.79 Å². The van der Waals surface area contributed by atoms with Crippen molar-refractivity contribution in [3.05, 3.63) is 36.4 Å². The van der Waals surface area contributed by atoms with Crippen LogP contribution in [0.3, 0.4) is 0 Å². The zero-order chi connectivity index (χ0) is 11.8. The quantitative estimate of drug-likeness (QED) is 0.334. The molecule has 0 aromatic heterocycles. The second-order valence-corrected chi connectivity index (χ2v) is 4.08. The predicted molar refractivity (Wildman–Crippen MR) is 68.1 cm³/mol. The molecule has 1 atom stereocenters. The summed E-state index contributed by atoms with van der Waals surface area (Å²) >= 11 is 3.25. The van der Waals surface area contributed by atoms with Crippen LogP contribution >= 0.6 is 15.9 Å². The fourth-order valence-electron chi connectivity index (χ4n) is 0.803. The summed E-state index contributed by atoms with van der Waals surface area (Å²) in [6.07, 6.45) is 3.61. The van der Waals surface area contributed by atoms with E-state index in [1.165, 1.54) is 6.08 Å². The number of allylic oxidation sites excluding steroid dienone is 1. The number of carbonyl (C=O) groups excluding carboxylic acids is 1. The molecule has 0 spiro atoms. The number of hydrogen-bond acceptors (Lipinski definition) is 3. The van der Waals surface area contributed by atoms with Crippen molar-refractivity contribution < 1.29 is 4.79 Å². The van der Waals surface area contributed by atoms with E-state index in [-0.39, 0.29) is 11.8 Å². The summed E-state index contributed by atoms with van der Waals surface area (Å²) in [5.74, 6) is -0.192. The second-order valence-electron chi connectivity index (χ2n) is 2.96. The van der Waals surface area contributed by atoms with Crippen molar-refractivity contribution in [1.29, 1.82) is 0 Å². The first-order chi connectivity index (χ1) is 7.01. The maximum atomic E-state index is 11.1. The van der Waals surface area contributed by atoms with Crippen LogP contribution in [-0.4, -0.2) is 17.5 Å². The van der Waals surface area contributed by atoms with Crippen molar-refractivity contribution in [1.82, 2.24) is 5.43 Å². The lowest BCUT2D eigenvalue weighted by Gasteiger charge is -2.11. The van der Waals surface area contributed by atoms with E-state index in [4.69, 9.17) is 0 Å². The highest BCUT2D eigenvalue weighted by Crippen LogP contribution is 2.10. The summed E-state index contributed by atoms with van der Waals surface area (Å²) in [6.45, 7) is 12.4. The number of carbonyl (C=O) groups is 1. The van der Waals surface area contributed by atoms with E-state index in [9.17, 15) is 4.79 Å². The standard InChI is InChI=1S/C11H15BrN2O/c1-5-10(7-8(3)12)14-13-9(4)11(15)6-2/h5-6,10,14H,1-3,7H2,4H3/b13-9-. The molecule has 3 nitrogen and oxygen atoms in total. The minimum absolute atomic E-state index is 0.0376. The monoisotopic (exact) mass is 270 g/mol. The highest BCUT2D eigenvalue weighted by Gasteiger charge is 2.04. The lowest BCUT2D eigenvalue weighted by atomic mass is 10.2. The molecule has 1 unspecified atom stereocenters. The molecule has 0 aromatic rings. The van der Waals surface area contributed by atoms with Gasteiger partial charge in [-0.05, 0) is 17.5 Å². The first-order valence-electron chi connectivity index (χ1n) is 4.43. The van der Waals surface area contributed by atoms with Crippen LogP contribution < -0.4 is 5.43 Å². The van der Waals surface area contributed by atoms with Crippen molar-refractivity contribution in [2.75, 3.05) is 0 Å². The third kappa shape index (κ3) is 6.01. The van der Waals surface area contributed by atoms with Crippen LogP contribution in [0.2, 0.25) is 0 Å². The largest absolute Gasteiger partial charge is 0.302 e. The van der Waals surface area contributed by atoms with Crippen LogP contribution in [0.5, 0.6) is 0 Å². The summed E-state index contributed by atoms with van der Waals surface area (Å²) < 4.78 is 0.850. The summed E-state index contributed by atoms with van der Waals surface area (Å²) in [4.78, 5) is 11.1. The smallest absolute Gasteiger partial charge is 0.200 e. The lowest BCUT2D eigenvalue weighted by molar-refractivity contribution is -0.108. The van der Waals surface area contributed by atoms with E-state index < -0.39 is 0 Å². The molecule has 0 saturated heterocycles. The Balaban J connectivity index is 4.31. The molecule has 15 heavy (non-hydrogen) atoms. The molecule has 1 N–H and O–H groups in total. The summed E-state index contributed by atoms with van der Waals surface area (Å²) in [5.41, 5.74) is 3.20. The van der Waals surface area contributed by atoms with Crippen molar-refractivity contribution in [2.45, 2.75) is 19.4 Å². The fourth-order valence-corrected chi connectivity index (χ4v) is 1.15. The molecule has 0 aromatic carbocycles. The van der Waals surface area contributed by atoms with Gasteiger partial charge in [0, 0.05) is 6.42 Å². The number of hydrogen-bond donors (Lipinski definition) is 1. The van der Waals surface area contributed by atoms with Crippen molar-refractivity contribution in [2.24, 2.45) is 5.10 Å². The third-order valence-corrected chi connectivity index (χ3v) is 1.99. The van der Waals surface area contributed by atoms with Crippen molar-refractivity contribution in [3.8, 4) is 0 Å². The Kier molecular flexibility index (Phi) is 6.62. The minimum Gasteiger partial charge on any atom is -0.302 e. The second kappa shape index (κ2) is 7.17. The van der Waals surface area contributed by atoms with Gasteiger partial charge in [0.1, 0.15) is 5.71 Å². The van der Waals surface area contributed by atoms with Crippen molar-refractivity contribution in [3.63, 3.8) is 0 Å². The predicted octanol–water partition coefficient (Wildman–Crippen LogP) is 2.56. The molecular weight excluding hydrogens is 256 g/mol. The Bertz CT molecular complexity index is 308. The van der Waals surface area contributed by atoms with Gasteiger partial charge < -0.3 is 5.43 Å². The van der Waals surface area contributed by atoms with Crippen LogP contribution in [0.1, 0.15) is 13.3 Å². The molecule has 0 amide bonds. The number of halogens is 1. The highest BCUT2D eigenvalue weighted by molar-refractivity contribution is 9.11. The van der Waals surface area contributed by atoms with Crippen molar-refractivity contribution >= 4 is 27.4 Å². The molecular formula is C11H15BrN2O. The minimum atomic E-state index is -0.192. The van der Waals surface area contributed by atoms with E-state index in [1.54, 1.807) is 13.0 Å². The van der Waals surface area contributed by atoms with Gasteiger partial charge in [0.05, 0.1) is 6.04 Å². The lowest BCUT2D eigenvalue weighted by Crippen LogP contribution is -2.24. The number of hydrazone groups is 1. The number of nitrogens with zero attached hydrogens (tertiary/aromatic N) is 1. The SMILES string of the molecule is C=CC(=O)/C(C)=N\NC(C=C)CC(=C)Br. The normalized spacial score (nSPS) is 12.8. The molecule has 0 radical (unpaired) electrons. The van der Waals surface area contributed by atoms with E-state index in [0.29, 0.717) is 12.1 Å². The van der Waals surface area contributed by atoms with E-state index >= 15 is 0 Å². The zero-order valence-corrected chi connectivity index (χ0v) is 10.4. The summed E-state index contributed by atoms with van der Waals surface area (Å²) in [5, 5.41) is 3.93. The number of nitrogens with one attached hydrogen (secondary N) is 1. The van der Waals surface area contributed by atoms with Gasteiger partial charge in [-0.15, -0.1) is 6.58 Å². The first-order valence-corrected chi connectivity index (χ1v) is 5.23. The molecule has 82 valence electrons.